The van der Waals surface area contributed by atoms with Crippen molar-refractivity contribution in [1.82, 2.24) is 0 Å². The van der Waals surface area contributed by atoms with E-state index in [1.807, 2.05) is 0 Å². The Labute approximate surface area is 81.3 Å². The van der Waals surface area contributed by atoms with Gasteiger partial charge < -0.3 is 15.9 Å². The molecular weight excluding hydrogens is 198 g/mol. The van der Waals surface area contributed by atoms with Crippen molar-refractivity contribution < 1.29 is 19.8 Å². The summed E-state index contributed by atoms with van der Waals surface area (Å²) in [5.41, 5.74) is 4.35. The van der Waals surface area contributed by atoms with Crippen molar-refractivity contribution in [2.45, 2.75) is 19.4 Å². The maximum Gasteiger partial charge on any atom is 0.320 e. The summed E-state index contributed by atoms with van der Waals surface area (Å²) in [4.78, 5) is 20.9. The maximum atomic E-state index is 10.6. The number of carboxylic acids is 2. The monoisotopic (exact) mass is 209 g/mol. The normalized spacial score (nSPS) is 32.9. The van der Waals surface area contributed by atoms with E-state index >= 15 is 0 Å². The molecule has 0 spiro atoms. The molecule has 0 heterocycles. The Morgan fingerprint density at radius 3 is 2.23 bits per heavy atom. The Balaban J connectivity index is 0.00000144. The molecule has 0 aromatic rings. The molecule has 13 heavy (non-hydrogen) atoms. The van der Waals surface area contributed by atoms with Crippen molar-refractivity contribution in [2.75, 3.05) is 0 Å². The summed E-state index contributed by atoms with van der Waals surface area (Å²) in [6.07, 6.45) is 0.357. The van der Waals surface area contributed by atoms with Crippen molar-refractivity contribution >= 4 is 24.3 Å². The molecule has 0 unspecified atom stereocenters. The van der Waals surface area contributed by atoms with Gasteiger partial charge >= 0.3 is 11.9 Å². The van der Waals surface area contributed by atoms with Gasteiger partial charge in [0.2, 0.25) is 0 Å². The van der Waals surface area contributed by atoms with Crippen LogP contribution in [0.25, 0.3) is 0 Å². The molecule has 0 bridgehead atoms. The van der Waals surface area contributed by atoms with Gasteiger partial charge in [0, 0.05) is 5.92 Å². The highest BCUT2D eigenvalue weighted by Gasteiger charge is 2.60. The molecule has 1 saturated carbocycles. The number of carboxylic acid groups (broad SMARTS) is 2. The number of hydrogen-bond acceptors (Lipinski definition) is 3. The van der Waals surface area contributed by atoms with E-state index in [0.717, 1.165) is 0 Å². The van der Waals surface area contributed by atoms with Crippen LogP contribution >= 0.6 is 12.4 Å². The Morgan fingerprint density at radius 1 is 1.54 bits per heavy atom. The van der Waals surface area contributed by atoms with Crippen molar-refractivity contribution in [3.05, 3.63) is 0 Å². The average molecular weight is 210 g/mol. The second kappa shape index (κ2) is 3.51. The predicted octanol–water partition coefficient (Wildman–Crippen LogP) is -0.0691. The lowest BCUT2D eigenvalue weighted by atomic mass is 10.0. The van der Waals surface area contributed by atoms with Gasteiger partial charge in [-0.25, -0.2) is 0 Å². The average Bonchev–Trinajstić information content (AvgIpc) is 2.62. The lowest BCUT2D eigenvalue weighted by Crippen LogP contribution is -2.35. The zero-order chi connectivity index (χ0) is 9.52. The number of rotatable bonds is 3. The van der Waals surface area contributed by atoms with Gasteiger partial charge in [-0.05, 0) is 13.3 Å². The molecular formula is C7H12ClNO4. The minimum Gasteiger partial charge on any atom is -0.481 e. The van der Waals surface area contributed by atoms with E-state index in [1.54, 1.807) is 0 Å². The third-order valence-corrected chi connectivity index (χ3v) is 2.51. The molecule has 1 fully saturated rings. The minimum atomic E-state index is -1.13. The number of nitrogens with two attached hydrogens (primary N) is 1. The van der Waals surface area contributed by atoms with Crippen LogP contribution in [0, 0.1) is 11.3 Å². The number of carbonyl (C=O) groups is 2. The Morgan fingerprint density at radius 2 is 2.00 bits per heavy atom. The van der Waals surface area contributed by atoms with Gasteiger partial charge in [-0.3, -0.25) is 9.59 Å². The first-order valence-electron chi connectivity index (χ1n) is 3.61. The Bertz CT molecular complexity index is 245. The van der Waals surface area contributed by atoms with Crippen LogP contribution in [-0.4, -0.2) is 28.2 Å². The molecule has 76 valence electrons. The fourth-order valence-corrected chi connectivity index (χ4v) is 1.34. The standard InChI is InChI=1S/C7H11NO4.ClH/c1-7(6(11)12)2-3(7)4(8)5(9)10;/h3-4H,2,8H2,1H3,(H,9,10)(H,11,12);1H/t3-,4-,7-;/m0./s1. The summed E-state index contributed by atoms with van der Waals surface area (Å²) in [6.45, 7) is 1.52. The van der Waals surface area contributed by atoms with Crippen LogP contribution in [0.3, 0.4) is 0 Å². The second-order valence-electron chi connectivity index (χ2n) is 3.40. The fraction of sp³-hybridized carbons (Fsp3) is 0.714. The van der Waals surface area contributed by atoms with Crippen LogP contribution in [0.1, 0.15) is 13.3 Å². The molecule has 0 aromatic heterocycles. The first-order valence-corrected chi connectivity index (χ1v) is 3.61. The van der Waals surface area contributed by atoms with Crippen molar-refractivity contribution in [1.29, 1.82) is 0 Å². The zero-order valence-corrected chi connectivity index (χ0v) is 7.87. The lowest BCUT2D eigenvalue weighted by Gasteiger charge is -2.08. The molecule has 0 saturated heterocycles. The van der Waals surface area contributed by atoms with Crippen LogP contribution in [0.15, 0.2) is 0 Å². The molecule has 0 radical (unpaired) electrons. The van der Waals surface area contributed by atoms with Gasteiger partial charge in [0.25, 0.3) is 0 Å². The van der Waals surface area contributed by atoms with Crippen LogP contribution in [0.4, 0.5) is 0 Å². The quantitative estimate of drug-likeness (QED) is 0.604. The number of hydrogen-bond donors (Lipinski definition) is 3. The van der Waals surface area contributed by atoms with Crippen LogP contribution < -0.4 is 5.73 Å². The zero-order valence-electron chi connectivity index (χ0n) is 7.06. The van der Waals surface area contributed by atoms with Crippen LogP contribution in [0.5, 0.6) is 0 Å². The molecule has 0 aliphatic heterocycles. The summed E-state index contributed by atoms with van der Waals surface area (Å²) < 4.78 is 0. The van der Waals surface area contributed by atoms with E-state index in [9.17, 15) is 9.59 Å². The summed E-state index contributed by atoms with van der Waals surface area (Å²) in [5.74, 6) is -2.53. The largest absolute Gasteiger partial charge is 0.481 e. The van der Waals surface area contributed by atoms with E-state index in [-0.39, 0.29) is 12.4 Å². The van der Waals surface area contributed by atoms with E-state index in [2.05, 4.69) is 0 Å². The molecule has 3 atom stereocenters. The minimum absolute atomic E-state index is 0. The summed E-state index contributed by atoms with van der Waals surface area (Å²) in [5, 5.41) is 17.2. The van der Waals surface area contributed by atoms with Crippen molar-refractivity contribution in [3.8, 4) is 0 Å². The predicted molar refractivity (Wildman–Crippen MR) is 46.7 cm³/mol. The molecule has 0 aromatic carbocycles. The smallest absolute Gasteiger partial charge is 0.320 e. The van der Waals surface area contributed by atoms with E-state index < -0.39 is 29.3 Å². The Hall–Kier alpha value is -0.810. The maximum absolute atomic E-state index is 10.6. The number of halogens is 1. The molecule has 1 aliphatic rings. The van der Waals surface area contributed by atoms with Crippen molar-refractivity contribution in [2.24, 2.45) is 17.1 Å². The van der Waals surface area contributed by atoms with Gasteiger partial charge in [-0.15, -0.1) is 12.4 Å². The number of aliphatic carboxylic acids is 2. The molecule has 5 nitrogen and oxygen atoms in total. The lowest BCUT2D eigenvalue weighted by molar-refractivity contribution is -0.144. The van der Waals surface area contributed by atoms with E-state index in [0.29, 0.717) is 6.42 Å². The van der Waals surface area contributed by atoms with Crippen molar-refractivity contribution in [3.63, 3.8) is 0 Å². The highest BCUT2D eigenvalue weighted by Crippen LogP contribution is 2.53. The molecule has 0 amide bonds. The van der Waals surface area contributed by atoms with Gasteiger partial charge in [-0.1, -0.05) is 0 Å². The molecule has 1 rings (SSSR count). The SMILES string of the molecule is C[C@]1(C(=O)O)C[C@H]1[C@H](N)C(=O)O.Cl. The van der Waals surface area contributed by atoms with Crippen LogP contribution in [-0.2, 0) is 9.59 Å². The van der Waals surface area contributed by atoms with E-state index in [4.69, 9.17) is 15.9 Å². The third-order valence-electron chi connectivity index (χ3n) is 2.51. The van der Waals surface area contributed by atoms with Crippen LogP contribution in [0.2, 0.25) is 0 Å². The van der Waals surface area contributed by atoms with Gasteiger partial charge in [0.15, 0.2) is 0 Å². The second-order valence-corrected chi connectivity index (χ2v) is 3.40. The summed E-state index contributed by atoms with van der Waals surface area (Å²) in [6, 6.07) is -1.05. The topological polar surface area (TPSA) is 101 Å². The van der Waals surface area contributed by atoms with E-state index in [1.165, 1.54) is 6.92 Å². The van der Waals surface area contributed by atoms with Gasteiger partial charge in [0.1, 0.15) is 6.04 Å². The van der Waals surface area contributed by atoms with Gasteiger partial charge in [0.05, 0.1) is 5.41 Å². The molecule has 1 aliphatic carbocycles. The summed E-state index contributed by atoms with van der Waals surface area (Å²) >= 11 is 0. The first-order chi connectivity index (χ1) is 5.39. The molecule has 4 N–H and O–H groups in total. The highest BCUT2D eigenvalue weighted by atomic mass is 35.5. The summed E-state index contributed by atoms with van der Waals surface area (Å²) in [7, 11) is 0. The highest BCUT2D eigenvalue weighted by molar-refractivity contribution is 5.85. The molecule has 6 heteroatoms. The third kappa shape index (κ3) is 1.92. The Kier molecular flexibility index (Phi) is 3.29. The first kappa shape index (κ1) is 12.2. The van der Waals surface area contributed by atoms with Gasteiger partial charge in [-0.2, -0.15) is 0 Å². The fourth-order valence-electron chi connectivity index (χ4n) is 1.34.